The highest BCUT2D eigenvalue weighted by Gasteiger charge is 2.17. The van der Waals surface area contributed by atoms with Crippen LogP contribution in [0.3, 0.4) is 0 Å². The number of hydrogen-bond donors (Lipinski definition) is 1. The van der Waals surface area contributed by atoms with Crippen LogP contribution in [0.15, 0.2) is 67.3 Å². The molecule has 0 spiro atoms. The average Bonchev–Trinajstić information content (AvgIpc) is 3.10. The van der Waals surface area contributed by atoms with Gasteiger partial charge in [-0.1, -0.05) is 54.6 Å². The third-order valence-electron chi connectivity index (χ3n) is 4.11. The van der Waals surface area contributed by atoms with Gasteiger partial charge in [0.2, 0.25) is 5.82 Å². The fraction of sp³-hybridized carbons (Fsp3) is 0.190. The second-order valence-electron chi connectivity index (χ2n) is 6.03. The maximum absolute atomic E-state index is 12.3. The molecule has 1 amide bonds. The largest absolute Gasteiger partial charge is 0.346 e. The zero-order valence-corrected chi connectivity index (χ0v) is 14.9. The van der Waals surface area contributed by atoms with Gasteiger partial charge in [0.05, 0.1) is 5.69 Å². The summed E-state index contributed by atoms with van der Waals surface area (Å²) in [4.78, 5) is 16.8. The van der Waals surface area contributed by atoms with E-state index in [2.05, 4.69) is 34.1 Å². The van der Waals surface area contributed by atoms with Crippen LogP contribution < -0.4 is 5.32 Å². The summed E-state index contributed by atoms with van der Waals surface area (Å²) in [6, 6.07) is 18.2. The van der Waals surface area contributed by atoms with Gasteiger partial charge >= 0.3 is 0 Å². The highest BCUT2D eigenvalue weighted by molar-refractivity contribution is 5.90. The van der Waals surface area contributed by atoms with Crippen molar-refractivity contribution in [1.82, 2.24) is 20.1 Å². The molecular formula is C21H22N4O. The lowest BCUT2D eigenvalue weighted by atomic mass is 10.1. The highest BCUT2D eigenvalue weighted by atomic mass is 16.2. The van der Waals surface area contributed by atoms with Gasteiger partial charge in [-0.3, -0.25) is 4.79 Å². The fourth-order valence-corrected chi connectivity index (χ4v) is 2.74. The number of carbonyl (C=O) groups is 1. The third kappa shape index (κ3) is 4.06. The van der Waals surface area contributed by atoms with Crippen LogP contribution in [0.2, 0.25) is 0 Å². The molecular weight excluding hydrogens is 324 g/mol. The number of aryl methyl sites for hydroxylation is 3. The number of nitrogens with zero attached hydrogens (tertiary/aromatic N) is 3. The summed E-state index contributed by atoms with van der Waals surface area (Å²) in [5, 5.41) is 7.20. The Morgan fingerprint density at radius 2 is 1.85 bits per heavy atom. The van der Waals surface area contributed by atoms with Gasteiger partial charge in [-0.15, -0.1) is 11.7 Å². The molecule has 0 fully saturated rings. The molecule has 132 valence electrons. The fourth-order valence-electron chi connectivity index (χ4n) is 2.74. The quantitative estimate of drug-likeness (QED) is 0.668. The normalized spacial score (nSPS) is 10.5. The van der Waals surface area contributed by atoms with Crippen molar-refractivity contribution in [2.75, 3.05) is 6.54 Å². The number of nitrogens with one attached hydrogen (secondary N) is 1. The van der Waals surface area contributed by atoms with Gasteiger partial charge < -0.3 is 5.32 Å². The molecule has 0 radical (unpaired) electrons. The molecule has 0 aliphatic rings. The van der Waals surface area contributed by atoms with E-state index in [1.54, 1.807) is 10.8 Å². The zero-order valence-electron chi connectivity index (χ0n) is 14.9. The summed E-state index contributed by atoms with van der Waals surface area (Å²) in [7, 11) is 0. The number of carbonyl (C=O) groups excluding carboxylic acids is 1. The molecule has 0 saturated heterocycles. The van der Waals surface area contributed by atoms with E-state index in [0.717, 1.165) is 23.5 Å². The first-order valence-electron chi connectivity index (χ1n) is 8.64. The van der Waals surface area contributed by atoms with Crippen LogP contribution in [-0.4, -0.2) is 27.2 Å². The second kappa shape index (κ2) is 8.25. The van der Waals surface area contributed by atoms with E-state index in [9.17, 15) is 4.79 Å². The molecule has 0 unspecified atom stereocenters. The number of hydrogen-bond acceptors (Lipinski definition) is 3. The molecule has 2 aromatic carbocycles. The van der Waals surface area contributed by atoms with E-state index in [4.69, 9.17) is 0 Å². The van der Waals surface area contributed by atoms with Crippen molar-refractivity contribution < 1.29 is 4.79 Å². The maximum atomic E-state index is 12.3. The van der Waals surface area contributed by atoms with Crippen LogP contribution in [0.25, 0.3) is 5.69 Å². The topological polar surface area (TPSA) is 59.8 Å². The van der Waals surface area contributed by atoms with Crippen LogP contribution in [0, 0.1) is 6.92 Å². The molecule has 3 rings (SSSR count). The van der Waals surface area contributed by atoms with Gasteiger partial charge in [0, 0.05) is 13.0 Å². The summed E-state index contributed by atoms with van der Waals surface area (Å²) < 4.78 is 1.78. The summed E-state index contributed by atoms with van der Waals surface area (Å²) in [6.45, 7) is 6.02. The van der Waals surface area contributed by atoms with Crippen molar-refractivity contribution in [2.45, 2.75) is 19.8 Å². The minimum atomic E-state index is -0.293. The Morgan fingerprint density at radius 3 is 2.58 bits per heavy atom. The molecule has 0 atom stereocenters. The van der Waals surface area contributed by atoms with Gasteiger partial charge in [-0.2, -0.15) is 0 Å². The Kier molecular flexibility index (Phi) is 5.59. The molecule has 3 aromatic rings. The lowest BCUT2D eigenvalue weighted by Gasteiger charge is -2.08. The van der Waals surface area contributed by atoms with Crippen molar-refractivity contribution in [2.24, 2.45) is 0 Å². The first-order chi connectivity index (χ1) is 12.7. The minimum absolute atomic E-state index is 0.179. The van der Waals surface area contributed by atoms with Crippen LogP contribution in [0.1, 0.15) is 27.6 Å². The third-order valence-corrected chi connectivity index (χ3v) is 4.11. The van der Waals surface area contributed by atoms with E-state index < -0.39 is 0 Å². The molecule has 26 heavy (non-hydrogen) atoms. The number of para-hydroxylation sites is 1. The molecule has 1 heterocycles. The van der Waals surface area contributed by atoms with Gasteiger partial charge in [-0.05, 0) is 30.5 Å². The summed E-state index contributed by atoms with van der Waals surface area (Å²) >= 11 is 0. The van der Waals surface area contributed by atoms with Crippen molar-refractivity contribution >= 4 is 5.91 Å². The van der Waals surface area contributed by atoms with Crippen LogP contribution in [0.5, 0.6) is 0 Å². The SMILES string of the molecule is C=CCNC(=O)c1nc(CCc2ccccc2)n(-c2ccccc2C)n1. The minimum Gasteiger partial charge on any atom is -0.346 e. The van der Waals surface area contributed by atoms with Crippen molar-refractivity contribution in [3.05, 3.63) is 90.0 Å². The number of amides is 1. The molecule has 0 aliphatic carbocycles. The maximum Gasteiger partial charge on any atom is 0.291 e. The Balaban J connectivity index is 1.92. The monoisotopic (exact) mass is 346 g/mol. The number of aromatic nitrogens is 3. The van der Waals surface area contributed by atoms with E-state index in [-0.39, 0.29) is 11.7 Å². The predicted molar refractivity (Wildman–Crippen MR) is 102 cm³/mol. The van der Waals surface area contributed by atoms with Crippen molar-refractivity contribution in [1.29, 1.82) is 0 Å². The van der Waals surface area contributed by atoms with E-state index >= 15 is 0 Å². The van der Waals surface area contributed by atoms with Crippen LogP contribution in [0.4, 0.5) is 0 Å². The molecule has 5 nitrogen and oxygen atoms in total. The highest BCUT2D eigenvalue weighted by Crippen LogP contribution is 2.16. The lowest BCUT2D eigenvalue weighted by Crippen LogP contribution is -2.24. The zero-order chi connectivity index (χ0) is 18.4. The first-order valence-corrected chi connectivity index (χ1v) is 8.64. The van der Waals surface area contributed by atoms with E-state index in [1.165, 1.54) is 5.56 Å². The summed E-state index contributed by atoms with van der Waals surface area (Å²) in [6.07, 6.45) is 3.16. The number of rotatable bonds is 7. The Bertz CT molecular complexity index is 899. The Hall–Kier alpha value is -3.21. The predicted octanol–water partition coefficient (Wildman–Crippen LogP) is 3.28. The van der Waals surface area contributed by atoms with Gasteiger partial charge in [0.15, 0.2) is 0 Å². The van der Waals surface area contributed by atoms with E-state index in [1.807, 2.05) is 49.4 Å². The summed E-state index contributed by atoms with van der Waals surface area (Å²) in [5.41, 5.74) is 3.24. The van der Waals surface area contributed by atoms with Crippen molar-refractivity contribution in [3.63, 3.8) is 0 Å². The molecule has 0 bridgehead atoms. The Labute approximate surface area is 153 Å². The number of benzene rings is 2. The first kappa shape index (κ1) is 17.6. The van der Waals surface area contributed by atoms with Crippen molar-refractivity contribution in [3.8, 4) is 5.69 Å². The molecule has 0 saturated carbocycles. The standard InChI is InChI=1S/C21H22N4O/c1-3-15-22-21(26)20-23-19(14-13-17-10-5-4-6-11-17)25(24-20)18-12-8-7-9-16(18)2/h3-12H,1,13-15H2,2H3,(H,22,26). The Morgan fingerprint density at radius 1 is 1.12 bits per heavy atom. The molecule has 0 aliphatic heterocycles. The smallest absolute Gasteiger partial charge is 0.291 e. The van der Waals surface area contributed by atoms with Gasteiger partial charge in [0.25, 0.3) is 5.91 Å². The van der Waals surface area contributed by atoms with Crippen LogP contribution in [-0.2, 0) is 12.8 Å². The average molecular weight is 346 g/mol. The van der Waals surface area contributed by atoms with Gasteiger partial charge in [0.1, 0.15) is 5.82 Å². The van der Waals surface area contributed by atoms with Crippen LogP contribution >= 0.6 is 0 Å². The summed E-state index contributed by atoms with van der Waals surface area (Å²) in [5.74, 6) is 0.656. The second-order valence-corrected chi connectivity index (χ2v) is 6.03. The van der Waals surface area contributed by atoms with Gasteiger partial charge in [-0.25, -0.2) is 9.67 Å². The lowest BCUT2D eigenvalue weighted by molar-refractivity contribution is 0.0947. The van der Waals surface area contributed by atoms with E-state index in [0.29, 0.717) is 13.0 Å². The molecule has 1 aromatic heterocycles. The molecule has 1 N–H and O–H groups in total. The molecule has 5 heteroatoms.